The average molecular weight is 683 g/mol. The molecule has 2 atom stereocenters. The molecule has 0 saturated heterocycles. The maximum atomic E-state index is 14.5. The van der Waals surface area contributed by atoms with E-state index in [4.69, 9.17) is 25.1 Å². The predicted octanol–water partition coefficient (Wildman–Crippen LogP) is 7.27. The van der Waals surface area contributed by atoms with Gasteiger partial charge in [0.1, 0.15) is 5.75 Å². The Labute approximate surface area is 277 Å². The van der Waals surface area contributed by atoms with Crippen LogP contribution in [0.1, 0.15) is 46.8 Å². The van der Waals surface area contributed by atoms with E-state index in [1.54, 1.807) is 0 Å². The van der Waals surface area contributed by atoms with E-state index >= 15 is 0 Å². The predicted molar refractivity (Wildman–Crippen MR) is 182 cm³/mol. The number of ether oxygens (including phenoxy) is 2. The van der Waals surface area contributed by atoms with Crippen LogP contribution in [0.15, 0.2) is 118 Å². The van der Waals surface area contributed by atoms with Gasteiger partial charge < -0.3 is 19.9 Å². The normalized spacial score (nSPS) is 17.0. The van der Waals surface area contributed by atoms with E-state index in [1.165, 1.54) is 5.56 Å². The van der Waals surface area contributed by atoms with Crippen LogP contribution in [0.3, 0.4) is 0 Å². The second-order valence-electron chi connectivity index (χ2n) is 11.0. The molecule has 2 N–H and O–H groups in total. The Morgan fingerprint density at radius 1 is 0.978 bits per heavy atom. The van der Waals surface area contributed by atoms with Crippen LogP contribution in [0.25, 0.3) is 10.4 Å². The summed E-state index contributed by atoms with van der Waals surface area (Å²) in [5.41, 5.74) is 12.0. The van der Waals surface area contributed by atoms with E-state index < -0.39 is 11.6 Å². The molecule has 1 heterocycles. The zero-order chi connectivity index (χ0) is 32.2. The van der Waals surface area contributed by atoms with E-state index in [0.717, 1.165) is 34.0 Å². The molecule has 5 rings (SSSR count). The number of nitrogens with one attached hydrogen (secondary N) is 1. The number of rotatable bonds is 15. The van der Waals surface area contributed by atoms with Crippen LogP contribution in [0.4, 0.5) is 0 Å². The number of aliphatic hydroxyl groups is 1. The maximum absolute atomic E-state index is 14.5. The molecule has 0 radical (unpaired) electrons. The summed E-state index contributed by atoms with van der Waals surface area (Å²) < 4.78 is 13.3. The number of aliphatic imine (C=N–C) groups is 1. The van der Waals surface area contributed by atoms with Crippen molar-refractivity contribution in [1.82, 2.24) is 5.32 Å². The molecule has 0 fully saturated rings. The molecular formula is C36H36BrN5O4. The SMILES string of the molecule is [N-]=[N+]=NCc1ccccc1C[C@@]1(C(=O)NCCCc2ccccc2)N=C(c2ccc(OCCCO)cc2)O[C@@H]1c1ccc(Br)cc1. The van der Waals surface area contributed by atoms with Crippen molar-refractivity contribution < 1.29 is 19.4 Å². The molecule has 0 unspecified atom stereocenters. The highest BCUT2D eigenvalue weighted by molar-refractivity contribution is 9.10. The minimum atomic E-state index is -1.36. The third-order valence-electron chi connectivity index (χ3n) is 7.86. The van der Waals surface area contributed by atoms with Gasteiger partial charge in [-0.25, -0.2) is 4.99 Å². The third-order valence-corrected chi connectivity index (χ3v) is 8.38. The molecule has 4 aromatic rings. The molecule has 0 bridgehead atoms. The molecule has 1 aliphatic heterocycles. The number of benzene rings is 4. The van der Waals surface area contributed by atoms with E-state index in [0.29, 0.717) is 36.8 Å². The number of halogens is 1. The smallest absolute Gasteiger partial charge is 0.252 e. The number of hydrogen-bond acceptors (Lipinski definition) is 6. The van der Waals surface area contributed by atoms with Crippen LogP contribution in [-0.4, -0.2) is 42.2 Å². The summed E-state index contributed by atoms with van der Waals surface area (Å²) >= 11 is 3.52. The Bertz CT molecular complexity index is 1680. The van der Waals surface area contributed by atoms with Crippen LogP contribution < -0.4 is 10.1 Å². The van der Waals surface area contributed by atoms with Gasteiger partial charge in [0.15, 0.2) is 11.6 Å². The monoisotopic (exact) mass is 681 g/mol. The fourth-order valence-corrected chi connectivity index (χ4v) is 5.76. The minimum Gasteiger partial charge on any atom is -0.494 e. The number of carbonyl (C=O) groups excluding carboxylic acids is 1. The standard InChI is InChI=1S/C36H36BrN5O4/c37-31-17-13-27(14-18-31)33-36(24-29-11-4-5-12-30(29)25-40-42-38,35(44)39-21-6-10-26-8-2-1-3-9-26)41-34(46-33)28-15-19-32(20-16-28)45-23-7-22-43/h1-5,8-9,11-20,33,43H,6-7,10,21-25H2,(H,39,44)/t33-,36-/m1/s1. The van der Waals surface area contributed by atoms with E-state index in [2.05, 4.69) is 43.4 Å². The van der Waals surface area contributed by atoms with E-state index in [1.807, 2.05) is 91.0 Å². The summed E-state index contributed by atoms with van der Waals surface area (Å²) in [6.07, 6.45) is 1.62. The first-order chi connectivity index (χ1) is 22.5. The lowest BCUT2D eigenvalue weighted by Crippen LogP contribution is -2.50. The van der Waals surface area contributed by atoms with Gasteiger partial charge in [0.2, 0.25) is 5.90 Å². The molecule has 9 nitrogen and oxygen atoms in total. The Morgan fingerprint density at radius 3 is 2.41 bits per heavy atom. The van der Waals surface area contributed by atoms with Crippen molar-refractivity contribution in [3.05, 3.63) is 146 Å². The van der Waals surface area contributed by atoms with Gasteiger partial charge in [-0.1, -0.05) is 87.8 Å². The molecular weight excluding hydrogens is 646 g/mol. The molecule has 10 heteroatoms. The third kappa shape index (κ3) is 8.14. The van der Waals surface area contributed by atoms with Crippen molar-refractivity contribution >= 4 is 27.7 Å². The fourth-order valence-electron chi connectivity index (χ4n) is 5.49. The Balaban J connectivity index is 1.52. The number of carbonyl (C=O) groups is 1. The van der Waals surface area contributed by atoms with Crippen molar-refractivity contribution in [2.45, 2.75) is 43.9 Å². The topological polar surface area (TPSA) is 129 Å². The first-order valence-electron chi connectivity index (χ1n) is 15.3. The van der Waals surface area contributed by atoms with Crippen molar-refractivity contribution in [3.63, 3.8) is 0 Å². The van der Waals surface area contributed by atoms with E-state index in [-0.39, 0.29) is 25.5 Å². The van der Waals surface area contributed by atoms with Crippen molar-refractivity contribution in [1.29, 1.82) is 0 Å². The number of aryl methyl sites for hydroxylation is 1. The zero-order valence-electron chi connectivity index (χ0n) is 25.4. The summed E-state index contributed by atoms with van der Waals surface area (Å²) in [6.45, 7) is 1.08. The highest BCUT2D eigenvalue weighted by atomic mass is 79.9. The van der Waals surface area contributed by atoms with Gasteiger partial charge in [0.25, 0.3) is 5.91 Å². The molecule has 0 saturated carbocycles. The van der Waals surface area contributed by atoms with E-state index in [9.17, 15) is 4.79 Å². The number of hydrogen-bond donors (Lipinski definition) is 2. The van der Waals surface area contributed by atoms with Crippen LogP contribution in [0.2, 0.25) is 0 Å². The maximum Gasteiger partial charge on any atom is 0.252 e. The van der Waals surface area contributed by atoms with Gasteiger partial charge in [-0.2, -0.15) is 0 Å². The minimum absolute atomic E-state index is 0.0581. The van der Waals surface area contributed by atoms with Crippen LogP contribution in [0, 0.1) is 0 Å². The van der Waals surface area contributed by atoms with Crippen LogP contribution >= 0.6 is 15.9 Å². The Morgan fingerprint density at radius 2 is 1.70 bits per heavy atom. The molecule has 1 amide bonds. The summed E-state index contributed by atoms with van der Waals surface area (Å²) in [5.74, 6) is 0.766. The molecule has 0 aliphatic carbocycles. The summed E-state index contributed by atoms with van der Waals surface area (Å²) in [4.78, 5) is 22.6. The van der Waals surface area contributed by atoms with Crippen molar-refractivity contribution in [2.24, 2.45) is 10.1 Å². The molecule has 0 spiro atoms. The van der Waals surface area contributed by atoms with Crippen LogP contribution in [-0.2, 0) is 28.9 Å². The lowest BCUT2D eigenvalue weighted by molar-refractivity contribution is -0.128. The van der Waals surface area contributed by atoms with Gasteiger partial charge >= 0.3 is 0 Å². The highest BCUT2D eigenvalue weighted by Crippen LogP contribution is 2.43. The van der Waals surface area contributed by atoms with Gasteiger partial charge in [-0.15, -0.1) is 0 Å². The molecule has 236 valence electrons. The first-order valence-corrected chi connectivity index (χ1v) is 16.1. The first kappa shape index (κ1) is 32.8. The number of aliphatic hydroxyl groups excluding tert-OH is 1. The quantitative estimate of drug-likeness (QED) is 0.0592. The molecule has 0 aromatic heterocycles. The van der Waals surface area contributed by atoms with Crippen molar-refractivity contribution in [3.8, 4) is 5.75 Å². The summed E-state index contributed by atoms with van der Waals surface area (Å²) in [6, 6.07) is 32.9. The largest absolute Gasteiger partial charge is 0.494 e. The number of amides is 1. The fraction of sp³-hybridized carbons (Fsp3) is 0.278. The van der Waals surface area contributed by atoms with Gasteiger partial charge in [0, 0.05) is 40.9 Å². The van der Waals surface area contributed by atoms with Crippen LogP contribution in [0.5, 0.6) is 5.75 Å². The van der Waals surface area contributed by atoms with Crippen molar-refractivity contribution in [2.75, 3.05) is 19.8 Å². The lowest BCUT2D eigenvalue weighted by atomic mass is 9.81. The second-order valence-corrected chi connectivity index (χ2v) is 11.9. The highest BCUT2D eigenvalue weighted by Gasteiger charge is 2.53. The van der Waals surface area contributed by atoms with Gasteiger partial charge in [0.05, 0.1) is 13.2 Å². The molecule has 1 aliphatic rings. The van der Waals surface area contributed by atoms with Gasteiger partial charge in [-0.3, -0.25) is 4.79 Å². The Kier molecular flexibility index (Phi) is 11.5. The zero-order valence-corrected chi connectivity index (χ0v) is 27.0. The lowest BCUT2D eigenvalue weighted by Gasteiger charge is -2.31. The van der Waals surface area contributed by atoms with Gasteiger partial charge in [-0.05, 0) is 77.0 Å². The number of azide groups is 1. The number of nitrogens with zero attached hydrogens (tertiary/aromatic N) is 4. The Hall–Kier alpha value is -4.63. The molecule has 46 heavy (non-hydrogen) atoms. The molecule has 4 aromatic carbocycles. The second kappa shape index (κ2) is 16.1. The summed E-state index contributed by atoms with van der Waals surface area (Å²) in [5, 5.41) is 16.1. The summed E-state index contributed by atoms with van der Waals surface area (Å²) in [7, 11) is 0. The average Bonchev–Trinajstić information content (AvgIpc) is 3.48.